The van der Waals surface area contributed by atoms with E-state index in [1.54, 1.807) is 11.8 Å². The average molecular weight is 223 g/mol. The molecule has 84 valence electrons. The van der Waals surface area contributed by atoms with Gasteiger partial charge < -0.3 is 5.32 Å². The summed E-state index contributed by atoms with van der Waals surface area (Å²) in [6.07, 6.45) is 3.30. The van der Waals surface area contributed by atoms with Crippen LogP contribution in [0.2, 0.25) is 0 Å². The van der Waals surface area contributed by atoms with Gasteiger partial charge in [0.2, 0.25) is 0 Å². The van der Waals surface area contributed by atoms with E-state index in [-0.39, 0.29) is 0 Å². The van der Waals surface area contributed by atoms with Crippen LogP contribution >= 0.6 is 11.8 Å². The fourth-order valence-corrected chi connectivity index (χ4v) is 2.14. The summed E-state index contributed by atoms with van der Waals surface area (Å²) in [4.78, 5) is 1.33. The van der Waals surface area contributed by atoms with Gasteiger partial charge in [-0.2, -0.15) is 0 Å². The van der Waals surface area contributed by atoms with Crippen molar-refractivity contribution in [2.75, 3.05) is 13.3 Å². The van der Waals surface area contributed by atoms with E-state index in [1.165, 1.54) is 16.9 Å². The second-order valence-electron chi connectivity index (χ2n) is 4.24. The number of hydrogen-bond donors (Lipinski definition) is 1. The van der Waals surface area contributed by atoms with Crippen LogP contribution in [-0.4, -0.2) is 13.3 Å². The van der Waals surface area contributed by atoms with Crippen LogP contribution in [0, 0.1) is 5.92 Å². The lowest BCUT2D eigenvalue weighted by atomic mass is 9.97. The molecule has 0 saturated heterocycles. The zero-order chi connectivity index (χ0) is 11.3. The van der Waals surface area contributed by atoms with Crippen LogP contribution in [0.4, 0.5) is 0 Å². The first-order valence-corrected chi connectivity index (χ1v) is 6.71. The molecule has 1 aromatic rings. The summed E-state index contributed by atoms with van der Waals surface area (Å²) < 4.78 is 0. The first-order chi connectivity index (χ1) is 7.17. The highest BCUT2D eigenvalue weighted by Gasteiger charge is 2.10. The maximum absolute atomic E-state index is 3.38. The van der Waals surface area contributed by atoms with E-state index >= 15 is 0 Å². The molecule has 0 bridgehead atoms. The van der Waals surface area contributed by atoms with Gasteiger partial charge in [-0.1, -0.05) is 26.0 Å². The summed E-state index contributed by atoms with van der Waals surface area (Å²) in [7, 11) is 2.04. The molecule has 0 radical (unpaired) electrons. The van der Waals surface area contributed by atoms with Gasteiger partial charge in [-0.15, -0.1) is 11.8 Å². The molecule has 1 rings (SSSR count). The lowest BCUT2D eigenvalue weighted by Crippen LogP contribution is -2.18. The van der Waals surface area contributed by atoms with Crippen molar-refractivity contribution in [1.29, 1.82) is 0 Å². The number of benzene rings is 1. The largest absolute Gasteiger partial charge is 0.313 e. The Labute approximate surface area is 97.7 Å². The third kappa shape index (κ3) is 3.88. The molecule has 0 aliphatic rings. The smallest absolute Gasteiger partial charge is 0.0319 e. The Bertz CT molecular complexity index is 279. The zero-order valence-corrected chi connectivity index (χ0v) is 10.9. The molecule has 0 aromatic heterocycles. The molecule has 1 unspecified atom stereocenters. The molecule has 0 spiro atoms. The van der Waals surface area contributed by atoms with E-state index in [0.717, 1.165) is 5.92 Å². The van der Waals surface area contributed by atoms with E-state index in [2.05, 4.69) is 49.7 Å². The van der Waals surface area contributed by atoms with Gasteiger partial charge in [0.05, 0.1) is 0 Å². The molecule has 15 heavy (non-hydrogen) atoms. The van der Waals surface area contributed by atoms with Crippen LogP contribution < -0.4 is 5.32 Å². The normalized spacial score (nSPS) is 13.1. The van der Waals surface area contributed by atoms with Crippen molar-refractivity contribution in [2.45, 2.75) is 31.2 Å². The van der Waals surface area contributed by atoms with E-state index in [0.29, 0.717) is 6.04 Å². The highest BCUT2D eigenvalue weighted by atomic mass is 32.2. The summed E-state index contributed by atoms with van der Waals surface area (Å²) in [6.45, 7) is 4.53. The van der Waals surface area contributed by atoms with Gasteiger partial charge in [-0.05, 0) is 43.3 Å². The van der Waals surface area contributed by atoms with Gasteiger partial charge in [-0.25, -0.2) is 0 Å². The van der Waals surface area contributed by atoms with Crippen LogP contribution in [0.15, 0.2) is 29.2 Å². The van der Waals surface area contributed by atoms with Crippen LogP contribution in [0.5, 0.6) is 0 Å². The third-order valence-electron chi connectivity index (χ3n) is 2.57. The molecule has 0 fully saturated rings. The van der Waals surface area contributed by atoms with Crippen LogP contribution in [0.25, 0.3) is 0 Å². The Morgan fingerprint density at radius 1 is 1.20 bits per heavy atom. The van der Waals surface area contributed by atoms with Gasteiger partial charge >= 0.3 is 0 Å². The fourth-order valence-electron chi connectivity index (χ4n) is 1.73. The summed E-state index contributed by atoms with van der Waals surface area (Å²) in [6, 6.07) is 9.35. The Morgan fingerprint density at radius 3 is 2.20 bits per heavy atom. The highest BCUT2D eigenvalue weighted by molar-refractivity contribution is 7.98. The molecule has 0 saturated carbocycles. The minimum absolute atomic E-state index is 0.487. The molecule has 0 aliphatic carbocycles. The molecular formula is C13H21NS. The van der Waals surface area contributed by atoms with Crippen molar-refractivity contribution in [3.8, 4) is 0 Å². The summed E-state index contributed by atoms with van der Waals surface area (Å²) in [5, 5.41) is 3.38. The molecule has 1 aromatic carbocycles. The first-order valence-electron chi connectivity index (χ1n) is 5.48. The van der Waals surface area contributed by atoms with E-state index in [1.807, 2.05) is 7.05 Å². The Kier molecular flexibility index (Phi) is 5.20. The molecule has 2 heteroatoms. The van der Waals surface area contributed by atoms with Crippen molar-refractivity contribution < 1.29 is 0 Å². The number of nitrogens with one attached hydrogen (secondary N) is 1. The minimum Gasteiger partial charge on any atom is -0.313 e. The average Bonchev–Trinajstić information content (AvgIpc) is 2.26. The van der Waals surface area contributed by atoms with E-state index in [9.17, 15) is 0 Å². The molecule has 0 amide bonds. The quantitative estimate of drug-likeness (QED) is 0.764. The summed E-state index contributed by atoms with van der Waals surface area (Å²) in [5.74, 6) is 0.725. The summed E-state index contributed by atoms with van der Waals surface area (Å²) >= 11 is 1.79. The Hall–Kier alpha value is -0.470. The maximum Gasteiger partial charge on any atom is 0.0319 e. The lowest BCUT2D eigenvalue weighted by Gasteiger charge is -2.18. The molecular weight excluding hydrogens is 202 g/mol. The van der Waals surface area contributed by atoms with Crippen molar-refractivity contribution in [2.24, 2.45) is 5.92 Å². The van der Waals surface area contributed by atoms with Crippen molar-refractivity contribution in [1.82, 2.24) is 5.32 Å². The van der Waals surface area contributed by atoms with Gasteiger partial charge in [-0.3, -0.25) is 0 Å². The third-order valence-corrected chi connectivity index (χ3v) is 3.32. The maximum atomic E-state index is 3.38. The van der Waals surface area contributed by atoms with Crippen LogP contribution in [-0.2, 0) is 0 Å². The standard InChI is InChI=1S/C13H21NS/c1-10(2)9-13(14-3)11-5-7-12(15-4)8-6-11/h5-8,10,13-14H,9H2,1-4H3. The minimum atomic E-state index is 0.487. The number of hydrogen-bond acceptors (Lipinski definition) is 2. The second kappa shape index (κ2) is 6.19. The summed E-state index contributed by atoms with van der Waals surface area (Å²) in [5.41, 5.74) is 1.39. The highest BCUT2D eigenvalue weighted by Crippen LogP contribution is 2.23. The molecule has 1 nitrogen and oxygen atoms in total. The fraction of sp³-hybridized carbons (Fsp3) is 0.538. The van der Waals surface area contributed by atoms with Crippen LogP contribution in [0.3, 0.4) is 0 Å². The van der Waals surface area contributed by atoms with Gasteiger partial charge in [0.1, 0.15) is 0 Å². The Balaban J connectivity index is 2.74. The first kappa shape index (κ1) is 12.6. The molecule has 1 atom stereocenters. The zero-order valence-electron chi connectivity index (χ0n) is 10.1. The van der Waals surface area contributed by atoms with E-state index < -0.39 is 0 Å². The van der Waals surface area contributed by atoms with Crippen molar-refractivity contribution in [3.63, 3.8) is 0 Å². The number of thioether (sulfide) groups is 1. The topological polar surface area (TPSA) is 12.0 Å². The SMILES string of the molecule is CNC(CC(C)C)c1ccc(SC)cc1. The predicted molar refractivity (Wildman–Crippen MR) is 69.5 cm³/mol. The van der Waals surface area contributed by atoms with Gasteiger partial charge in [0, 0.05) is 10.9 Å². The monoisotopic (exact) mass is 223 g/mol. The van der Waals surface area contributed by atoms with Gasteiger partial charge in [0.15, 0.2) is 0 Å². The van der Waals surface area contributed by atoms with Crippen molar-refractivity contribution in [3.05, 3.63) is 29.8 Å². The predicted octanol–water partition coefficient (Wildman–Crippen LogP) is 3.72. The Morgan fingerprint density at radius 2 is 1.80 bits per heavy atom. The van der Waals surface area contributed by atoms with Crippen LogP contribution in [0.1, 0.15) is 31.9 Å². The molecule has 1 N–H and O–H groups in total. The second-order valence-corrected chi connectivity index (χ2v) is 5.12. The van der Waals surface area contributed by atoms with Gasteiger partial charge in [0.25, 0.3) is 0 Å². The van der Waals surface area contributed by atoms with E-state index in [4.69, 9.17) is 0 Å². The van der Waals surface area contributed by atoms with Crippen molar-refractivity contribution >= 4 is 11.8 Å². The molecule has 0 heterocycles. The number of rotatable bonds is 5. The molecule has 0 aliphatic heterocycles. The lowest BCUT2D eigenvalue weighted by molar-refractivity contribution is 0.456.